The Hall–Kier alpha value is -0.410. The maximum absolute atomic E-state index is 13.7. The molecule has 0 aliphatic carbocycles. The molecule has 2 N–H and O–H groups in total. The van der Waals surface area contributed by atoms with E-state index in [0.717, 1.165) is 19.3 Å². The van der Waals surface area contributed by atoms with Crippen LogP contribution in [-0.2, 0) is 0 Å². The predicted octanol–water partition coefficient (Wildman–Crippen LogP) is 4.41. The van der Waals surface area contributed by atoms with Crippen LogP contribution in [0, 0.1) is 11.7 Å². The first-order valence-corrected chi connectivity index (χ1v) is 6.51. The van der Waals surface area contributed by atoms with Gasteiger partial charge in [0.1, 0.15) is 5.82 Å². The summed E-state index contributed by atoms with van der Waals surface area (Å²) in [4.78, 5) is 0. The highest BCUT2D eigenvalue weighted by molar-refractivity contribution is 9.10. The fraction of sp³-hybridized carbons (Fsp3) is 0.538. The summed E-state index contributed by atoms with van der Waals surface area (Å²) >= 11 is 3.18. The molecule has 1 nitrogen and oxygen atoms in total. The van der Waals surface area contributed by atoms with E-state index in [4.69, 9.17) is 5.73 Å². The number of benzene rings is 1. The molecule has 1 rings (SSSR count). The van der Waals surface area contributed by atoms with Crippen molar-refractivity contribution >= 4 is 15.9 Å². The Morgan fingerprint density at radius 2 is 2.00 bits per heavy atom. The van der Waals surface area contributed by atoms with Gasteiger partial charge in [0.25, 0.3) is 0 Å². The molecule has 1 aromatic rings. The quantitative estimate of drug-likeness (QED) is 0.853. The molecular formula is C13H19BrFN. The normalized spacial score (nSPS) is 13.1. The summed E-state index contributed by atoms with van der Waals surface area (Å²) in [6.45, 7) is 4.37. The van der Waals surface area contributed by atoms with Gasteiger partial charge < -0.3 is 5.73 Å². The summed E-state index contributed by atoms with van der Waals surface area (Å²) < 4.78 is 14.2. The highest BCUT2D eigenvalue weighted by atomic mass is 79.9. The molecule has 0 bridgehead atoms. The van der Waals surface area contributed by atoms with Crippen molar-refractivity contribution in [2.24, 2.45) is 11.7 Å². The first-order valence-electron chi connectivity index (χ1n) is 5.72. The lowest BCUT2D eigenvalue weighted by atomic mass is 9.98. The lowest BCUT2D eigenvalue weighted by Gasteiger charge is -2.14. The summed E-state index contributed by atoms with van der Waals surface area (Å²) in [5, 5.41) is 0. The summed E-state index contributed by atoms with van der Waals surface area (Å²) in [7, 11) is 0. The van der Waals surface area contributed by atoms with E-state index in [-0.39, 0.29) is 11.9 Å². The van der Waals surface area contributed by atoms with Gasteiger partial charge >= 0.3 is 0 Å². The van der Waals surface area contributed by atoms with Crippen LogP contribution in [0.3, 0.4) is 0 Å². The van der Waals surface area contributed by atoms with Gasteiger partial charge in [-0.15, -0.1) is 0 Å². The second kappa shape index (κ2) is 6.36. The summed E-state index contributed by atoms with van der Waals surface area (Å²) in [6.07, 6.45) is 3.03. The van der Waals surface area contributed by atoms with Crippen LogP contribution in [0.1, 0.15) is 44.7 Å². The van der Waals surface area contributed by atoms with Crippen molar-refractivity contribution in [2.75, 3.05) is 0 Å². The van der Waals surface area contributed by atoms with Gasteiger partial charge in [-0.2, -0.15) is 0 Å². The average molecular weight is 288 g/mol. The van der Waals surface area contributed by atoms with Crippen LogP contribution in [0.4, 0.5) is 4.39 Å². The van der Waals surface area contributed by atoms with Gasteiger partial charge in [-0.05, 0) is 34.3 Å². The van der Waals surface area contributed by atoms with Crippen LogP contribution in [0.5, 0.6) is 0 Å². The Morgan fingerprint density at radius 1 is 1.31 bits per heavy atom. The Bertz CT molecular complexity index is 339. The van der Waals surface area contributed by atoms with E-state index in [1.54, 1.807) is 12.1 Å². The van der Waals surface area contributed by atoms with Gasteiger partial charge in [0.15, 0.2) is 0 Å². The van der Waals surface area contributed by atoms with Crippen LogP contribution >= 0.6 is 15.9 Å². The molecule has 0 spiro atoms. The van der Waals surface area contributed by atoms with E-state index in [0.29, 0.717) is 16.0 Å². The van der Waals surface area contributed by atoms with E-state index in [1.807, 2.05) is 6.07 Å². The van der Waals surface area contributed by atoms with Gasteiger partial charge in [0, 0.05) is 11.6 Å². The Kier molecular flexibility index (Phi) is 5.42. The molecule has 1 aromatic carbocycles. The SMILES string of the molecule is CC(C)CCCC(N)c1cccc(Br)c1F. The summed E-state index contributed by atoms with van der Waals surface area (Å²) in [5.41, 5.74) is 6.60. The second-order valence-corrected chi connectivity index (χ2v) is 5.43. The third kappa shape index (κ3) is 3.87. The standard InChI is InChI=1S/C13H19BrFN/c1-9(2)5-3-8-12(16)10-6-4-7-11(14)13(10)15/h4,6-7,9,12H,3,5,8,16H2,1-2H3. The van der Waals surface area contributed by atoms with Crippen molar-refractivity contribution in [3.63, 3.8) is 0 Å². The number of halogens is 2. The fourth-order valence-electron chi connectivity index (χ4n) is 1.71. The maximum atomic E-state index is 13.7. The van der Waals surface area contributed by atoms with Crippen LogP contribution in [0.15, 0.2) is 22.7 Å². The molecule has 0 aromatic heterocycles. The molecule has 0 aliphatic rings. The zero-order valence-electron chi connectivity index (χ0n) is 9.84. The second-order valence-electron chi connectivity index (χ2n) is 4.57. The topological polar surface area (TPSA) is 26.0 Å². The lowest BCUT2D eigenvalue weighted by Crippen LogP contribution is -2.12. The van der Waals surface area contributed by atoms with Gasteiger partial charge in [-0.1, -0.05) is 38.8 Å². The molecule has 0 heterocycles. The molecule has 0 saturated carbocycles. The number of hydrogen-bond acceptors (Lipinski definition) is 1. The highest BCUT2D eigenvalue weighted by Crippen LogP contribution is 2.25. The van der Waals surface area contributed by atoms with Crippen molar-refractivity contribution < 1.29 is 4.39 Å². The van der Waals surface area contributed by atoms with Gasteiger partial charge in [0.2, 0.25) is 0 Å². The number of rotatable bonds is 5. The third-order valence-corrected chi connectivity index (χ3v) is 3.29. The van der Waals surface area contributed by atoms with E-state index in [2.05, 4.69) is 29.8 Å². The van der Waals surface area contributed by atoms with Crippen molar-refractivity contribution in [3.05, 3.63) is 34.1 Å². The maximum Gasteiger partial charge on any atom is 0.142 e. The number of nitrogens with two attached hydrogens (primary N) is 1. The summed E-state index contributed by atoms with van der Waals surface area (Å²) in [5.74, 6) is 0.458. The van der Waals surface area contributed by atoms with Crippen molar-refractivity contribution in [1.29, 1.82) is 0 Å². The minimum atomic E-state index is -0.223. The fourth-order valence-corrected chi connectivity index (χ4v) is 2.09. The Labute approximate surface area is 105 Å². The Balaban J connectivity index is 2.59. The molecule has 1 unspecified atom stereocenters. The minimum Gasteiger partial charge on any atom is -0.324 e. The van der Waals surface area contributed by atoms with E-state index in [1.165, 1.54) is 0 Å². The largest absolute Gasteiger partial charge is 0.324 e. The van der Waals surface area contributed by atoms with E-state index >= 15 is 0 Å². The smallest absolute Gasteiger partial charge is 0.142 e. The predicted molar refractivity (Wildman–Crippen MR) is 69.7 cm³/mol. The summed E-state index contributed by atoms with van der Waals surface area (Å²) in [6, 6.07) is 5.08. The van der Waals surface area contributed by atoms with Crippen molar-refractivity contribution in [1.82, 2.24) is 0 Å². The molecular weight excluding hydrogens is 269 g/mol. The van der Waals surface area contributed by atoms with Crippen LogP contribution in [0.2, 0.25) is 0 Å². The number of hydrogen-bond donors (Lipinski definition) is 1. The molecule has 1 atom stereocenters. The molecule has 0 amide bonds. The van der Waals surface area contributed by atoms with Gasteiger partial charge in [-0.3, -0.25) is 0 Å². The van der Waals surface area contributed by atoms with E-state index < -0.39 is 0 Å². The molecule has 0 radical (unpaired) electrons. The molecule has 0 fully saturated rings. The average Bonchev–Trinajstić information content (AvgIpc) is 2.21. The molecule has 0 aliphatic heterocycles. The van der Waals surface area contributed by atoms with Crippen molar-refractivity contribution in [3.8, 4) is 0 Å². The Morgan fingerprint density at radius 3 is 2.62 bits per heavy atom. The van der Waals surface area contributed by atoms with Crippen LogP contribution < -0.4 is 5.73 Å². The van der Waals surface area contributed by atoms with Crippen molar-refractivity contribution in [2.45, 2.75) is 39.2 Å². The highest BCUT2D eigenvalue weighted by Gasteiger charge is 2.13. The minimum absolute atomic E-state index is 0.198. The monoisotopic (exact) mass is 287 g/mol. The molecule has 0 saturated heterocycles. The molecule has 3 heteroatoms. The molecule has 90 valence electrons. The van der Waals surface area contributed by atoms with E-state index in [9.17, 15) is 4.39 Å². The zero-order chi connectivity index (χ0) is 12.1. The third-order valence-electron chi connectivity index (χ3n) is 2.68. The lowest BCUT2D eigenvalue weighted by molar-refractivity contribution is 0.492. The first kappa shape index (κ1) is 13.7. The van der Waals surface area contributed by atoms with Gasteiger partial charge in [0.05, 0.1) is 4.47 Å². The van der Waals surface area contributed by atoms with Gasteiger partial charge in [-0.25, -0.2) is 4.39 Å². The first-order chi connectivity index (χ1) is 7.52. The zero-order valence-corrected chi connectivity index (χ0v) is 11.4. The molecule has 16 heavy (non-hydrogen) atoms. The van der Waals surface area contributed by atoms with Crippen LogP contribution in [-0.4, -0.2) is 0 Å². The van der Waals surface area contributed by atoms with Crippen LogP contribution in [0.25, 0.3) is 0 Å².